The first-order valence-electron chi connectivity index (χ1n) is 9.96. The molecule has 2 heterocycles. The summed E-state index contributed by atoms with van der Waals surface area (Å²) < 4.78 is 16.1. The van der Waals surface area contributed by atoms with Gasteiger partial charge < -0.3 is 24.8 Å². The third-order valence-corrected chi connectivity index (χ3v) is 6.04. The van der Waals surface area contributed by atoms with Crippen molar-refractivity contribution in [3.05, 3.63) is 48.0 Å². The molecule has 2 N–H and O–H groups in total. The molecule has 2 amide bonds. The second kappa shape index (κ2) is 9.74. The predicted octanol–water partition coefficient (Wildman–Crippen LogP) is 2.16. The van der Waals surface area contributed by atoms with E-state index in [1.807, 2.05) is 42.5 Å². The average Bonchev–Trinajstić information content (AvgIpc) is 2.78. The van der Waals surface area contributed by atoms with Crippen LogP contribution in [0.2, 0.25) is 0 Å². The minimum absolute atomic E-state index is 0.102. The number of benzene rings is 2. The number of hydrogen-bond acceptors (Lipinski definition) is 7. The molecule has 0 spiro atoms. The molecule has 1 atom stereocenters. The Morgan fingerprint density at radius 3 is 2.81 bits per heavy atom. The molecule has 2 aromatic carbocycles. The summed E-state index contributed by atoms with van der Waals surface area (Å²) in [5.41, 5.74) is 1.74. The molecule has 0 fully saturated rings. The summed E-state index contributed by atoms with van der Waals surface area (Å²) in [7, 11) is 0. The zero-order chi connectivity index (χ0) is 21.6. The van der Waals surface area contributed by atoms with Gasteiger partial charge in [0.05, 0.1) is 17.4 Å². The van der Waals surface area contributed by atoms with E-state index in [1.165, 1.54) is 11.8 Å². The number of hydrogen-bond donors (Lipinski definition) is 2. The third kappa shape index (κ3) is 5.49. The Labute approximate surface area is 183 Å². The van der Waals surface area contributed by atoms with E-state index in [0.29, 0.717) is 31.9 Å². The van der Waals surface area contributed by atoms with Gasteiger partial charge in [-0.15, -0.1) is 11.8 Å². The van der Waals surface area contributed by atoms with Crippen LogP contribution in [0.3, 0.4) is 0 Å². The van der Waals surface area contributed by atoms with Gasteiger partial charge in [-0.1, -0.05) is 18.2 Å². The van der Waals surface area contributed by atoms with Gasteiger partial charge in [0, 0.05) is 11.4 Å². The molecule has 0 unspecified atom stereocenters. The fourth-order valence-corrected chi connectivity index (χ4v) is 4.32. The Balaban J connectivity index is 1.17. The van der Waals surface area contributed by atoms with Crippen molar-refractivity contribution in [3.8, 4) is 11.5 Å². The first-order valence-corrected chi connectivity index (χ1v) is 10.8. The van der Waals surface area contributed by atoms with Crippen LogP contribution < -0.4 is 20.1 Å². The van der Waals surface area contributed by atoms with Crippen molar-refractivity contribution in [2.24, 2.45) is 0 Å². The molecule has 0 aromatic heterocycles. The van der Waals surface area contributed by atoms with Crippen molar-refractivity contribution in [1.29, 1.82) is 0 Å². The molecule has 2 aromatic rings. The Morgan fingerprint density at radius 2 is 1.94 bits per heavy atom. The molecule has 0 radical (unpaired) electrons. The van der Waals surface area contributed by atoms with Gasteiger partial charge in [0.1, 0.15) is 13.2 Å². The molecule has 0 aliphatic carbocycles. The van der Waals surface area contributed by atoms with E-state index in [0.717, 1.165) is 21.9 Å². The van der Waals surface area contributed by atoms with Crippen LogP contribution in [0.25, 0.3) is 0 Å². The van der Waals surface area contributed by atoms with Gasteiger partial charge in [-0.3, -0.25) is 14.4 Å². The highest BCUT2D eigenvalue weighted by Gasteiger charge is 2.29. The van der Waals surface area contributed by atoms with Gasteiger partial charge in [0.2, 0.25) is 5.91 Å². The van der Waals surface area contributed by atoms with Gasteiger partial charge in [-0.25, -0.2) is 0 Å². The van der Waals surface area contributed by atoms with E-state index in [1.54, 1.807) is 0 Å². The molecule has 0 bridgehead atoms. The highest BCUT2D eigenvalue weighted by atomic mass is 32.2. The van der Waals surface area contributed by atoms with Crippen LogP contribution >= 0.6 is 11.8 Å². The minimum Gasteiger partial charge on any atom is -0.486 e. The molecular formula is C22H22N2O6S. The topological polar surface area (TPSA) is 103 Å². The highest BCUT2D eigenvalue weighted by molar-refractivity contribution is 8.01. The number of nitrogens with one attached hydrogen (secondary N) is 2. The largest absolute Gasteiger partial charge is 0.486 e. The fraction of sp³-hybridized carbons (Fsp3) is 0.318. The number of anilines is 1. The summed E-state index contributed by atoms with van der Waals surface area (Å²) in [5.74, 6) is 0.200. The number of amides is 2. The fourth-order valence-electron chi connectivity index (χ4n) is 3.22. The maximum atomic E-state index is 12.2. The first kappa shape index (κ1) is 21.0. The summed E-state index contributed by atoms with van der Waals surface area (Å²) >= 11 is 1.32. The van der Waals surface area contributed by atoms with Crippen molar-refractivity contribution in [2.45, 2.75) is 23.0 Å². The molecule has 162 valence electrons. The Kier molecular flexibility index (Phi) is 6.61. The van der Waals surface area contributed by atoms with Crippen molar-refractivity contribution in [1.82, 2.24) is 5.32 Å². The molecule has 0 saturated carbocycles. The first-order chi connectivity index (χ1) is 15.1. The van der Waals surface area contributed by atoms with Crippen molar-refractivity contribution in [2.75, 3.05) is 31.7 Å². The number of thioether (sulfide) groups is 1. The molecule has 4 rings (SSSR count). The molecule has 0 saturated heterocycles. The van der Waals surface area contributed by atoms with Crippen LogP contribution in [0.5, 0.6) is 11.5 Å². The monoisotopic (exact) mass is 442 g/mol. The average molecular weight is 442 g/mol. The second-order valence-electron chi connectivity index (χ2n) is 7.03. The molecule has 2 aliphatic rings. The van der Waals surface area contributed by atoms with E-state index in [-0.39, 0.29) is 18.9 Å². The summed E-state index contributed by atoms with van der Waals surface area (Å²) in [5, 5.41) is 4.92. The molecule has 9 heteroatoms. The van der Waals surface area contributed by atoms with Gasteiger partial charge in [0.25, 0.3) is 5.91 Å². The van der Waals surface area contributed by atoms with Gasteiger partial charge >= 0.3 is 5.97 Å². The number of esters is 1. The predicted molar refractivity (Wildman–Crippen MR) is 114 cm³/mol. The highest BCUT2D eigenvalue weighted by Crippen LogP contribution is 2.36. The van der Waals surface area contributed by atoms with Crippen LogP contribution in [0, 0.1) is 0 Å². The second-order valence-corrected chi connectivity index (χ2v) is 8.28. The maximum absolute atomic E-state index is 12.2. The Hall–Kier alpha value is -3.20. The van der Waals surface area contributed by atoms with Gasteiger partial charge in [-0.2, -0.15) is 0 Å². The van der Waals surface area contributed by atoms with Crippen molar-refractivity contribution < 1.29 is 28.6 Å². The normalized spacial score (nSPS) is 16.6. The van der Waals surface area contributed by atoms with E-state index >= 15 is 0 Å². The summed E-state index contributed by atoms with van der Waals surface area (Å²) in [6, 6.07) is 13.1. The lowest BCUT2D eigenvalue weighted by Gasteiger charge is -2.23. The van der Waals surface area contributed by atoms with E-state index in [2.05, 4.69) is 10.6 Å². The summed E-state index contributed by atoms with van der Waals surface area (Å²) in [6.45, 7) is 1.08. The quantitative estimate of drug-likeness (QED) is 0.634. The van der Waals surface area contributed by atoms with E-state index in [9.17, 15) is 14.4 Å². The number of carbonyl (C=O) groups excluding carboxylic acids is 3. The summed E-state index contributed by atoms with van der Waals surface area (Å²) in [6.07, 6.45) is 0.504. The van der Waals surface area contributed by atoms with Crippen LogP contribution in [0.4, 0.5) is 5.69 Å². The number of carbonyl (C=O) groups is 3. The van der Waals surface area contributed by atoms with Crippen molar-refractivity contribution >= 4 is 35.2 Å². The Morgan fingerprint density at radius 1 is 1.13 bits per heavy atom. The lowest BCUT2D eigenvalue weighted by molar-refractivity contribution is -0.149. The molecule has 8 nitrogen and oxygen atoms in total. The van der Waals surface area contributed by atoms with E-state index < -0.39 is 17.1 Å². The summed E-state index contributed by atoms with van der Waals surface area (Å²) in [4.78, 5) is 37.1. The van der Waals surface area contributed by atoms with Crippen molar-refractivity contribution in [3.63, 3.8) is 0 Å². The zero-order valence-electron chi connectivity index (χ0n) is 16.7. The number of ether oxygens (including phenoxy) is 3. The number of rotatable bonds is 7. The van der Waals surface area contributed by atoms with Crippen LogP contribution in [-0.4, -0.2) is 49.4 Å². The lowest BCUT2D eigenvalue weighted by Crippen LogP contribution is -2.33. The number of fused-ring (bicyclic) bond motifs is 2. The molecular weight excluding hydrogens is 420 g/mol. The molecule has 2 aliphatic heterocycles. The smallest absolute Gasteiger partial charge is 0.307 e. The lowest BCUT2D eigenvalue weighted by atomic mass is 10.1. The Bertz CT molecular complexity index is 996. The SMILES string of the molecule is O=C(COC(=O)C[C@H]1Sc2ccccc2NC1=O)NCCc1ccc2c(c1)OCCO2. The minimum atomic E-state index is -0.589. The standard InChI is InChI=1S/C22H22N2O6S/c25-20(23-8-7-14-5-6-16-17(11-14)29-10-9-28-16)13-30-21(26)12-19-22(27)24-15-3-1-2-4-18(15)31-19/h1-6,11,19H,7-10,12-13H2,(H,23,25)(H,24,27)/t19-/m1/s1. The molecule has 31 heavy (non-hydrogen) atoms. The number of para-hydroxylation sites is 1. The van der Waals surface area contributed by atoms with Crippen LogP contribution in [0.1, 0.15) is 12.0 Å². The third-order valence-electron chi connectivity index (χ3n) is 4.77. The maximum Gasteiger partial charge on any atom is 0.307 e. The van der Waals surface area contributed by atoms with Gasteiger partial charge in [0.15, 0.2) is 18.1 Å². The zero-order valence-corrected chi connectivity index (χ0v) is 17.5. The van der Waals surface area contributed by atoms with E-state index in [4.69, 9.17) is 14.2 Å². The van der Waals surface area contributed by atoms with Gasteiger partial charge in [-0.05, 0) is 36.2 Å². The van der Waals surface area contributed by atoms with Crippen LogP contribution in [0.15, 0.2) is 47.4 Å². The van der Waals surface area contributed by atoms with Crippen LogP contribution in [-0.2, 0) is 25.5 Å².